The van der Waals surface area contributed by atoms with E-state index in [1.165, 1.54) is 17.4 Å². The number of methoxy groups -OCH3 is 2. The van der Waals surface area contributed by atoms with Crippen molar-refractivity contribution in [2.24, 2.45) is 0 Å². The van der Waals surface area contributed by atoms with Gasteiger partial charge in [-0.3, -0.25) is 20.3 Å². The number of carboxylic acids is 1. The molecule has 1 aliphatic rings. The number of hydrogen-bond donors (Lipinski definition) is 2. The number of thiazole rings is 1. The first kappa shape index (κ1) is 25.2. The van der Waals surface area contributed by atoms with E-state index in [0.717, 1.165) is 33.2 Å². The molecule has 1 atom stereocenters. The normalized spacial score (nSPS) is 14.9. The van der Waals surface area contributed by atoms with Crippen molar-refractivity contribution < 1.29 is 24.3 Å². The highest BCUT2D eigenvalue weighted by Gasteiger charge is 2.36. The third-order valence-electron chi connectivity index (χ3n) is 6.43. The summed E-state index contributed by atoms with van der Waals surface area (Å²) < 4.78 is 10.6. The van der Waals surface area contributed by atoms with Crippen LogP contribution in [0.15, 0.2) is 66.7 Å². The predicted molar refractivity (Wildman–Crippen MR) is 143 cm³/mol. The van der Waals surface area contributed by atoms with E-state index in [-0.39, 0.29) is 18.7 Å². The Balaban J connectivity index is 1.53. The molecule has 10 nitrogen and oxygen atoms in total. The Hall–Kier alpha value is -4.48. The van der Waals surface area contributed by atoms with Crippen LogP contribution in [0.5, 0.6) is 11.5 Å². The molecule has 0 fully saturated rings. The number of nitro benzene ring substituents is 1. The summed E-state index contributed by atoms with van der Waals surface area (Å²) >= 11 is 1.39. The van der Waals surface area contributed by atoms with Gasteiger partial charge in [-0.1, -0.05) is 23.5 Å². The fraction of sp³-hybridized carbons (Fsp3) is 0.185. The smallest absolute Gasteiger partial charge is 0.323 e. The Kier molecular flexibility index (Phi) is 6.95. The zero-order chi connectivity index (χ0) is 26.8. The number of hydrazine groups is 1. The molecule has 0 aliphatic carbocycles. The van der Waals surface area contributed by atoms with Gasteiger partial charge in [-0.2, -0.15) is 0 Å². The summed E-state index contributed by atoms with van der Waals surface area (Å²) in [6.07, 6.45) is -0.00311. The Morgan fingerprint density at radius 1 is 1.05 bits per heavy atom. The monoisotopic (exact) mass is 532 g/mol. The van der Waals surface area contributed by atoms with Crippen molar-refractivity contribution >= 4 is 28.1 Å². The number of ether oxygens (including phenoxy) is 2. The molecular weight excluding hydrogens is 508 g/mol. The number of nitrogens with one attached hydrogen (secondary N) is 1. The molecule has 194 valence electrons. The molecule has 0 saturated heterocycles. The van der Waals surface area contributed by atoms with Gasteiger partial charge in [-0.15, -0.1) is 0 Å². The van der Waals surface area contributed by atoms with Crippen molar-refractivity contribution in [3.05, 3.63) is 88.0 Å². The second-order valence-corrected chi connectivity index (χ2v) is 9.62. The number of nitrogens with zero attached hydrogens (tertiary/aromatic N) is 3. The zero-order valence-electron chi connectivity index (χ0n) is 20.6. The van der Waals surface area contributed by atoms with Gasteiger partial charge in [0, 0.05) is 30.2 Å². The van der Waals surface area contributed by atoms with Crippen molar-refractivity contribution in [2.75, 3.05) is 19.6 Å². The highest BCUT2D eigenvalue weighted by molar-refractivity contribution is 7.19. The summed E-state index contributed by atoms with van der Waals surface area (Å²) in [5.41, 5.74) is 6.79. The largest absolute Gasteiger partial charge is 0.497 e. The van der Waals surface area contributed by atoms with Gasteiger partial charge in [0.05, 0.1) is 29.7 Å². The fourth-order valence-corrected chi connectivity index (χ4v) is 5.49. The molecule has 1 aliphatic heterocycles. The lowest BCUT2D eigenvalue weighted by Gasteiger charge is -2.33. The van der Waals surface area contributed by atoms with Crippen LogP contribution in [0.1, 0.15) is 11.1 Å². The second-order valence-electron chi connectivity index (χ2n) is 8.62. The average Bonchev–Trinajstić information content (AvgIpc) is 3.35. The van der Waals surface area contributed by atoms with Gasteiger partial charge in [0.2, 0.25) is 0 Å². The fourth-order valence-electron chi connectivity index (χ4n) is 4.48. The van der Waals surface area contributed by atoms with E-state index in [1.807, 2.05) is 48.5 Å². The van der Waals surface area contributed by atoms with E-state index in [9.17, 15) is 20.0 Å². The number of fused-ring (bicyclic) bond motifs is 1. The molecule has 0 bridgehead atoms. The summed E-state index contributed by atoms with van der Waals surface area (Å²) in [7, 11) is 3.21. The number of rotatable bonds is 8. The van der Waals surface area contributed by atoms with Gasteiger partial charge in [0.15, 0.2) is 5.13 Å². The van der Waals surface area contributed by atoms with Crippen LogP contribution in [0.2, 0.25) is 0 Å². The van der Waals surface area contributed by atoms with Crippen LogP contribution < -0.4 is 14.9 Å². The number of anilines is 1. The van der Waals surface area contributed by atoms with E-state index >= 15 is 0 Å². The van der Waals surface area contributed by atoms with Crippen molar-refractivity contribution in [3.63, 3.8) is 0 Å². The molecule has 2 N–H and O–H groups in total. The molecule has 0 amide bonds. The number of benzene rings is 3. The maximum atomic E-state index is 12.2. The van der Waals surface area contributed by atoms with E-state index in [4.69, 9.17) is 14.5 Å². The Morgan fingerprint density at radius 2 is 1.68 bits per heavy atom. The molecule has 1 aromatic heterocycles. The molecule has 0 saturated carbocycles. The van der Waals surface area contributed by atoms with Crippen LogP contribution in [0.3, 0.4) is 0 Å². The lowest BCUT2D eigenvalue weighted by molar-refractivity contribution is -0.385. The minimum Gasteiger partial charge on any atom is -0.497 e. The quantitative estimate of drug-likeness (QED) is 0.231. The molecule has 1 unspecified atom stereocenters. The van der Waals surface area contributed by atoms with Gasteiger partial charge >= 0.3 is 5.97 Å². The van der Waals surface area contributed by atoms with Gasteiger partial charge in [-0.05, 0) is 59.7 Å². The molecule has 3 aromatic carbocycles. The van der Waals surface area contributed by atoms with E-state index in [2.05, 4.69) is 5.43 Å². The number of aromatic nitrogens is 1. The molecule has 11 heteroatoms. The summed E-state index contributed by atoms with van der Waals surface area (Å²) in [5.74, 6) is 0.371. The molecule has 0 spiro atoms. The topological polar surface area (TPSA) is 127 Å². The minimum absolute atomic E-state index is 0.00311. The maximum absolute atomic E-state index is 12.2. The number of carboxylic acid groups (broad SMARTS) is 1. The van der Waals surface area contributed by atoms with Crippen LogP contribution >= 0.6 is 11.3 Å². The first-order valence-electron chi connectivity index (χ1n) is 11.7. The Bertz CT molecular complexity index is 1420. The first-order chi connectivity index (χ1) is 18.4. The van der Waals surface area contributed by atoms with Gasteiger partial charge in [-0.25, -0.2) is 9.99 Å². The van der Waals surface area contributed by atoms with E-state index < -0.39 is 16.9 Å². The molecule has 38 heavy (non-hydrogen) atoms. The lowest BCUT2D eigenvalue weighted by atomic mass is 9.93. The third kappa shape index (κ3) is 4.89. The lowest BCUT2D eigenvalue weighted by Crippen LogP contribution is -2.48. The van der Waals surface area contributed by atoms with Crippen molar-refractivity contribution in [2.45, 2.75) is 19.0 Å². The Morgan fingerprint density at radius 3 is 2.26 bits per heavy atom. The second kappa shape index (κ2) is 10.5. The average molecular weight is 533 g/mol. The van der Waals surface area contributed by atoms with Crippen LogP contribution in [-0.2, 0) is 17.8 Å². The van der Waals surface area contributed by atoms with E-state index in [1.54, 1.807) is 31.4 Å². The van der Waals surface area contributed by atoms with Gasteiger partial charge in [0.25, 0.3) is 5.69 Å². The van der Waals surface area contributed by atoms with Crippen LogP contribution in [0.4, 0.5) is 10.8 Å². The molecular formula is C27H24N4O6S. The molecule has 0 radical (unpaired) electrons. The molecule has 2 heterocycles. The van der Waals surface area contributed by atoms with Crippen LogP contribution in [0.25, 0.3) is 21.7 Å². The van der Waals surface area contributed by atoms with Crippen molar-refractivity contribution in [1.82, 2.24) is 9.99 Å². The van der Waals surface area contributed by atoms with Crippen molar-refractivity contribution in [3.8, 4) is 33.2 Å². The Labute approximate surface area is 222 Å². The standard InChI is InChI=1S/C27H24N4O6S/c1-36-19-10-6-16(7-11-19)24-25(17-8-12-20(37-2)13-9-17)38-27(28-24)29-30-15-18-4-3-5-22(31(34)35)21(18)14-23(30)26(32)33/h3-13,23H,14-15H2,1-2H3,(H,28,29)(H,32,33). The minimum atomic E-state index is -1.08. The number of hydrogen-bond acceptors (Lipinski definition) is 9. The summed E-state index contributed by atoms with van der Waals surface area (Å²) in [6, 6.07) is 19.0. The van der Waals surface area contributed by atoms with Crippen molar-refractivity contribution in [1.29, 1.82) is 0 Å². The first-order valence-corrected chi connectivity index (χ1v) is 12.5. The molecule has 4 aromatic rings. The SMILES string of the molecule is COc1ccc(-c2nc(NN3Cc4cccc([N+](=O)[O-])c4CC3C(=O)O)sc2-c2ccc(OC)cc2)cc1. The molecule has 5 rings (SSSR count). The highest BCUT2D eigenvalue weighted by atomic mass is 32.1. The highest BCUT2D eigenvalue weighted by Crippen LogP contribution is 2.41. The van der Waals surface area contributed by atoms with E-state index in [0.29, 0.717) is 16.3 Å². The number of aliphatic carboxylic acids is 1. The number of carbonyl (C=O) groups is 1. The summed E-state index contributed by atoms with van der Waals surface area (Å²) in [5, 5.41) is 23.6. The predicted octanol–water partition coefficient (Wildman–Crippen LogP) is 5.24. The third-order valence-corrected chi connectivity index (χ3v) is 7.44. The maximum Gasteiger partial charge on any atom is 0.323 e. The summed E-state index contributed by atoms with van der Waals surface area (Å²) in [4.78, 5) is 29.0. The number of nitro groups is 1. The zero-order valence-corrected chi connectivity index (χ0v) is 21.4. The van der Waals surface area contributed by atoms with Gasteiger partial charge in [0.1, 0.15) is 17.5 Å². The summed E-state index contributed by atoms with van der Waals surface area (Å²) in [6.45, 7) is 0.170. The van der Waals surface area contributed by atoms with Crippen LogP contribution in [0, 0.1) is 10.1 Å². The van der Waals surface area contributed by atoms with Gasteiger partial charge < -0.3 is 14.6 Å². The van der Waals surface area contributed by atoms with Crippen LogP contribution in [-0.4, -0.2) is 46.3 Å².